The average Bonchev–Trinajstić information content (AvgIpc) is 4.25. The van der Waals surface area contributed by atoms with E-state index in [0.717, 1.165) is 44.9 Å². The minimum absolute atomic E-state index is 0.195. The van der Waals surface area contributed by atoms with Crippen molar-refractivity contribution in [3.63, 3.8) is 0 Å². The van der Waals surface area contributed by atoms with Crippen molar-refractivity contribution in [2.75, 3.05) is 4.90 Å². The number of aromatic nitrogens is 1. The molecule has 7 aromatic carbocycles. The van der Waals surface area contributed by atoms with E-state index in [0.29, 0.717) is 0 Å². The van der Waals surface area contributed by atoms with Gasteiger partial charge in [-0.2, -0.15) is 0 Å². The number of rotatable bonds is 9. The third kappa shape index (κ3) is 6.72. The lowest BCUT2D eigenvalue weighted by molar-refractivity contribution is 0.450. The lowest BCUT2D eigenvalue weighted by Crippen LogP contribution is -2.38. The number of nitrogens with zero attached hydrogens (tertiary/aromatic N) is 2. The summed E-state index contributed by atoms with van der Waals surface area (Å²) in [5, 5.41) is 1.35. The molecule has 0 bridgehead atoms. The molecule has 0 fully saturated rings. The highest BCUT2D eigenvalue weighted by atomic mass is 15.2. The smallest absolute Gasteiger partial charge is 0.0537 e. The van der Waals surface area contributed by atoms with Crippen LogP contribution in [0.5, 0.6) is 0 Å². The van der Waals surface area contributed by atoms with E-state index < -0.39 is 0 Å². The molecule has 0 saturated heterocycles. The third-order valence-electron chi connectivity index (χ3n) is 18.3. The maximum absolute atomic E-state index is 2.63. The first kappa shape index (κ1) is 45.0. The number of fused-ring (bicyclic) bond motifs is 9. The van der Waals surface area contributed by atoms with Crippen LogP contribution in [-0.2, 0) is 17.3 Å². The Hall–Kier alpha value is -8.46. The predicted octanol–water partition coefficient (Wildman–Crippen LogP) is 18.3. The molecule has 5 unspecified atom stereocenters. The SMILES string of the molecule is C1=CCCC(C2(c3ccccc3)c3ccccc3C3=CC=C(N(c4ccc(C5C=CC(n6c7c(c8ccccc86)C=CCC7)=CC5)cc4)c4ccc5c(c4)C(c4ccccc4)(C4C=CC=CC4)c4ccccc4-5)CC32)=C1. The molecule has 1 heterocycles. The van der Waals surface area contributed by atoms with Crippen LogP contribution < -0.4 is 4.90 Å². The fourth-order valence-electron chi connectivity index (χ4n) is 15.2. The van der Waals surface area contributed by atoms with Crippen molar-refractivity contribution in [1.29, 1.82) is 0 Å². The van der Waals surface area contributed by atoms with Crippen LogP contribution in [-0.4, -0.2) is 4.57 Å². The maximum Gasteiger partial charge on any atom is 0.0537 e. The second-order valence-corrected chi connectivity index (χ2v) is 21.9. The van der Waals surface area contributed by atoms with Gasteiger partial charge in [-0.25, -0.2) is 0 Å². The summed E-state index contributed by atoms with van der Waals surface area (Å²) in [4.78, 5) is 2.63. The number of hydrogen-bond donors (Lipinski definition) is 0. The minimum atomic E-state index is -0.382. The number of allylic oxidation sites excluding steroid dienone is 17. The number of hydrogen-bond acceptors (Lipinski definition) is 1. The first-order valence-electron chi connectivity index (χ1n) is 27.8. The molecule has 5 atom stereocenters. The topological polar surface area (TPSA) is 8.17 Å². The summed E-state index contributed by atoms with van der Waals surface area (Å²) in [6, 6.07) is 67.4. The van der Waals surface area contributed by atoms with Crippen LogP contribution in [0.1, 0.15) is 94.6 Å². The van der Waals surface area contributed by atoms with E-state index in [1.165, 1.54) is 106 Å². The van der Waals surface area contributed by atoms with Gasteiger partial charge in [0.05, 0.1) is 10.9 Å². The molecule has 366 valence electrons. The van der Waals surface area contributed by atoms with Gasteiger partial charge in [-0.1, -0.05) is 224 Å². The van der Waals surface area contributed by atoms with E-state index in [1.54, 1.807) is 0 Å². The molecule has 15 rings (SSSR count). The summed E-state index contributed by atoms with van der Waals surface area (Å²) in [7, 11) is 0. The van der Waals surface area contributed by atoms with Crippen molar-refractivity contribution in [3.8, 4) is 11.1 Å². The molecule has 1 aromatic heterocycles. The molecule has 0 spiro atoms. The Labute approximate surface area is 447 Å². The van der Waals surface area contributed by atoms with Crippen LogP contribution in [0.2, 0.25) is 0 Å². The lowest BCUT2D eigenvalue weighted by Gasteiger charge is -2.43. The normalized spacial score (nSPS) is 23.4. The van der Waals surface area contributed by atoms with E-state index in [4.69, 9.17) is 0 Å². The van der Waals surface area contributed by atoms with Gasteiger partial charge in [0.15, 0.2) is 0 Å². The van der Waals surface area contributed by atoms with Gasteiger partial charge in [0.1, 0.15) is 0 Å². The Morgan fingerprint density at radius 3 is 1.99 bits per heavy atom. The van der Waals surface area contributed by atoms with Crippen molar-refractivity contribution in [2.24, 2.45) is 11.8 Å². The molecule has 0 aliphatic heterocycles. The third-order valence-corrected chi connectivity index (χ3v) is 18.3. The van der Waals surface area contributed by atoms with Gasteiger partial charge in [-0.3, -0.25) is 0 Å². The minimum Gasteiger partial charge on any atom is -0.314 e. The zero-order valence-electron chi connectivity index (χ0n) is 42.9. The highest BCUT2D eigenvalue weighted by Gasteiger charge is 2.54. The molecule has 0 saturated carbocycles. The van der Waals surface area contributed by atoms with Gasteiger partial charge in [0.25, 0.3) is 0 Å². The Bertz CT molecular complexity index is 3920. The molecule has 0 amide bonds. The highest BCUT2D eigenvalue weighted by Crippen LogP contribution is 2.63. The molecule has 0 radical (unpaired) electrons. The van der Waals surface area contributed by atoms with Crippen LogP contribution >= 0.6 is 0 Å². The molecular formula is C74H60N2. The molecule has 7 aliphatic rings. The summed E-state index contributed by atoms with van der Waals surface area (Å²) in [6.45, 7) is 0. The Kier molecular flexibility index (Phi) is 10.7. The van der Waals surface area contributed by atoms with Crippen LogP contribution in [0.4, 0.5) is 11.4 Å². The molecule has 7 aliphatic carbocycles. The van der Waals surface area contributed by atoms with Crippen LogP contribution in [0, 0.1) is 11.8 Å². The summed E-state index contributed by atoms with van der Waals surface area (Å²) in [5.41, 5.74) is 23.7. The first-order valence-corrected chi connectivity index (χ1v) is 27.8. The van der Waals surface area contributed by atoms with Gasteiger partial charge in [-0.05, 0) is 149 Å². The van der Waals surface area contributed by atoms with Gasteiger partial charge in [0.2, 0.25) is 0 Å². The van der Waals surface area contributed by atoms with Crippen molar-refractivity contribution in [2.45, 2.75) is 61.7 Å². The quantitative estimate of drug-likeness (QED) is 0.140. The van der Waals surface area contributed by atoms with Crippen molar-refractivity contribution in [3.05, 3.63) is 316 Å². The van der Waals surface area contributed by atoms with E-state index in [1.807, 2.05) is 0 Å². The van der Waals surface area contributed by atoms with Crippen LogP contribution in [0.3, 0.4) is 0 Å². The largest absolute Gasteiger partial charge is 0.314 e. The number of para-hydroxylation sites is 1. The van der Waals surface area contributed by atoms with E-state index in [2.05, 4.69) is 270 Å². The highest BCUT2D eigenvalue weighted by molar-refractivity contribution is 5.95. The molecule has 2 heteroatoms. The maximum atomic E-state index is 2.63. The van der Waals surface area contributed by atoms with Crippen LogP contribution in [0.15, 0.2) is 266 Å². The fraction of sp³-hybridized carbons (Fsp3) is 0.162. The zero-order chi connectivity index (χ0) is 50.2. The number of benzene rings is 7. The Balaban J connectivity index is 0.874. The monoisotopic (exact) mass is 976 g/mol. The fourth-order valence-corrected chi connectivity index (χ4v) is 15.2. The number of anilines is 2. The second kappa shape index (κ2) is 18.1. The Morgan fingerprint density at radius 2 is 1.22 bits per heavy atom. The van der Waals surface area contributed by atoms with Crippen molar-refractivity contribution in [1.82, 2.24) is 4.57 Å². The van der Waals surface area contributed by atoms with Gasteiger partial charge in [0, 0.05) is 56.7 Å². The molecule has 76 heavy (non-hydrogen) atoms. The summed E-state index contributed by atoms with van der Waals surface area (Å²) >= 11 is 0. The standard InChI is InChI=1S/C74H60N2/c1-5-21-53(22-6-1)73(54-23-7-2-8-24-54)67-33-17-13-29-61(67)63-47-45-59(49-69(63)73)75(57-41-37-51(38-42-57)52-39-43-58(44-40-52)76-71-35-19-15-31-65(71)66-32-16-20-36-72(66)76)60-46-48-64-62-30-14-18-34-68(62)74(70(64)50-60,55-25-9-3-10-26-55)56-27-11-4-12-28-56/h1-11,13-19,21-23,25-27,29-35,37-39,41-49,52,54,70H,12,20,24,28,36,40,50H2. The van der Waals surface area contributed by atoms with Crippen molar-refractivity contribution < 1.29 is 0 Å². The molecule has 8 aromatic rings. The Morgan fingerprint density at radius 1 is 0.513 bits per heavy atom. The van der Waals surface area contributed by atoms with Gasteiger partial charge in [-0.15, -0.1) is 0 Å². The van der Waals surface area contributed by atoms with E-state index in [-0.39, 0.29) is 28.6 Å². The summed E-state index contributed by atoms with van der Waals surface area (Å²) < 4.78 is 2.53. The van der Waals surface area contributed by atoms with Gasteiger partial charge < -0.3 is 9.47 Å². The van der Waals surface area contributed by atoms with E-state index >= 15 is 0 Å². The van der Waals surface area contributed by atoms with Crippen LogP contribution in [0.25, 0.3) is 39.4 Å². The van der Waals surface area contributed by atoms with Gasteiger partial charge >= 0.3 is 0 Å². The molecule has 0 N–H and O–H groups in total. The average molecular weight is 977 g/mol. The van der Waals surface area contributed by atoms with E-state index in [9.17, 15) is 0 Å². The lowest BCUT2D eigenvalue weighted by atomic mass is 9.61. The zero-order valence-corrected chi connectivity index (χ0v) is 42.9. The molecule has 2 nitrogen and oxygen atoms in total. The molecular weight excluding hydrogens is 917 g/mol. The summed E-state index contributed by atoms with van der Waals surface area (Å²) in [6.07, 6.45) is 40.4. The van der Waals surface area contributed by atoms with Crippen molar-refractivity contribution >= 4 is 39.6 Å². The predicted molar refractivity (Wildman–Crippen MR) is 318 cm³/mol. The first-order chi connectivity index (χ1) is 37.7. The second-order valence-electron chi connectivity index (χ2n) is 21.9. The summed E-state index contributed by atoms with van der Waals surface area (Å²) in [5.74, 6) is 0.718.